The molecule has 0 N–H and O–H groups in total. The highest BCUT2D eigenvalue weighted by atomic mass is 19.4. The highest BCUT2D eigenvalue weighted by Crippen LogP contribution is 2.66. The van der Waals surface area contributed by atoms with Gasteiger partial charge >= 0.3 is 59.6 Å². The highest BCUT2D eigenvalue weighted by Gasteiger charge is 2.98. The number of imidazole rings is 1. The average Bonchev–Trinajstić information content (AvgIpc) is 3.21. The van der Waals surface area contributed by atoms with E-state index in [4.69, 9.17) is 0 Å². The predicted octanol–water partition coefficient (Wildman–Crippen LogP) is 7.07. The van der Waals surface area contributed by atoms with Crippen LogP contribution >= 0.6 is 0 Å². The van der Waals surface area contributed by atoms with Gasteiger partial charge in [-0.25, -0.2) is 4.57 Å². The van der Waals surface area contributed by atoms with E-state index in [0.29, 0.717) is 6.20 Å². The summed E-state index contributed by atoms with van der Waals surface area (Å²) in [7, 11) is 0. The van der Waals surface area contributed by atoms with Gasteiger partial charge in [0.15, 0.2) is 0 Å². The number of hydrogen-bond acceptors (Lipinski definition) is 0. The third kappa shape index (κ3) is 3.87. The zero-order valence-electron chi connectivity index (χ0n) is 16.8. The molecule has 0 amide bonds. The lowest BCUT2D eigenvalue weighted by molar-refractivity contribution is -0.849. The SMILES string of the molecule is C=Cn1cc[n+](C(F)(F)C(F)(F)C(F)(F)C(F)(F)C(F)(F)C(F)(F)C(F)(F)C(F)(F)C(F)(F)C(F)(F)F)c1. The quantitative estimate of drug-likeness (QED) is 0.197. The minimum absolute atomic E-state index is 0.187. The molecular weight excluding hydrogens is 607 g/mol. The van der Waals surface area contributed by atoms with Crippen LogP contribution in [0, 0.1) is 0 Å². The van der Waals surface area contributed by atoms with Gasteiger partial charge in [0.05, 0.1) is 6.20 Å². The Balaban J connectivity index is 3.81. The van der Waals surface area contributed by atoms with E-state index in [0.717, 1.165) is 0 Å². The molecule has 0 fully saturated rings. The fourth-order valence-electron chi connectivity index (χ4n) is 2.36. The van der Waals surface area contributed by atoms with Gasteiger partial charge < -0.3 is 0 Å². The van der Waals surface area contributed by atoms with Crippen molar-refractivity contribution in [2.75, 3.05) is 0 Å². The zero-order chi connectivity index (χ0) is 31.0. The van der Waals surface area contributed by atoms with Crippen LogP contribution in [-0.2, 0) is 6.05 Å². The van der Waals surface area contributed by atoms with Gasteiger partial charge in [0.25, 0.3) is 6.33 Å². The normalized spacial score (nSPS) is 16.1. The molecule has 0 saturated carbocycles. The Kier molecular flexibility index (Phi) is 7.48. The molecule has 0 atom stereocenters. The minimum atomic E-state index is -9.18. The van der Waals surface area contributed by atoms with Crippen LogP contribution in [0.3, 0.4) is 0 Å². The third-order valence-electron chi connectivity index (χ3n) is 4.69. The van der Waals surface area contributed by atoms with Gasteiger partial charge in [-0.1, -0.05) is 6.58 Å². The molecule has 0 aromatic carbocycles. The fraction of sp³-hybridized carbons (Fsp3) is 0.667. The van der Waals surface area contributed by atoms with Gasteiger partial charge in [-0.15, -0.1) is 0 Å². The van der Waals surface area contributed by atoms with E-state index >= 15 is 0 Å². The second-order valence-corrected chi connectivity index (χ2v) is 7.08. The summed E-state index contributed by atoms with van der Waals surface area (Å²) in [6, 6.07) is -6.87. The topological polar surface area (TPSA) is 8.81 Å². The maximum absolute atomic E-state index is 13.9. The van der Waals surface area contributed by atoms with E-state index in [9.17, 15) is 92.2 Å². The average molecular weight is 613 g/mol. The summed E-state index contributed by atoms with van der Waals surface area (Å²) < 4.78 is 278. The van der Waals surface area contributed by atoms with Crippen molar-refractivity contribution >= 4 is 6.20 Å². The summed E-state index contributed by atoms with van der Waals surface area (Å²) in [5.41, 5.74) is 0. The molecule has 0 spiro atoms. The molecule has 0 bridgehead atoms. The minimum Gasteiger partial charge on any atom is -0.210 e. The molecular formula is C15H6F21N2+. The molecule has 0 radical (unpaired) electrons. The second-order valence-electron chi connectivity index (χ2n) is 7.08. The lowest BCUT2D eigenvalue weighted by Gasteiger charge is -2.44. The van der Waals surface area contributed by atoms with Crippen LogP contribution < -0.4 is 4.57 Å². The molecule has 0 unspecified atom stereocenters. The third-order valence-corrected chi connectivity index (χ3v) is 4.69. The first kappa shape index (κ1) is 33.5. The first-order chi connectivity index (χ1) is 16.3. The summed E-state index contributed by atoms with van der Waals surface area (Å²) in [4.78, 5) is 0. The Labute approximate surface area is 193 Å². The molecule has 38 heavy (non-hydrogen) atoms. The standard InChI is InChI=1S/C15H6F21N2/c1-2-37-3-4-38(5-37)15(35,36)13(30,31)11(26,27)9(22,23)7(18,19)6(16,17)8(20,21)10(24,25)12(28,29)14(32,33)34/h2-5H,1H2/q+1. The number of rotatable bonds is 10. The highest BCUT2D eigenvalue weighted by molar-refractivity contribution is 5.17. The zero-order valence-corrected chi connectivity index (χ0v) is 16.8. The molecule has 1 aromatic rings. The Morgan fingerprint density at radius 1 is 0.474 bits per heavy atom. The monoisotopic (exact) mass is 613 g/mol. The van der Waals surface area contributed by atoms with E-state index in [1.54, 1.807) is 0 Å². The van der Waals surface area contributed by atoms with E-state index in [-0.39, 0.29) is 23.3 Å². The van der Waals surface area contributed by atoms with Crippen LogP contribution in [0.5, 0.6) is 0 Å². The van der Waals surface area contributed by atoms with Crippen molar-refractivity contribution in [3.63, 3.8) is 0 Å². The number of halogens is 21. The molecule has 2 nitrogen and oxygen atoms in total. The van der Waals surface area contributed by atoms with Crippen molar-refractivity contribution in [2.45, 2.75) is 59.6 Å². The largest absolute Gasteiger partial charge is 0.469 e. The fourth-order valence-corrected chi connectivity index (χ4v) is 2.36. The number of nitrogens with zero attached hydrogens (tertiary/aromatic N) is 2. The predicted molar refractivity (Wildman–Crippen MR) is 76.8 cm³/mol. The van der Waals surface area contributed by atoms with Gasteiger partial charge in [0.2, 0.25) is 0 Å². The summed E-state index contributed by atoms with van der Waals surface area (Å²) in [6.07, 6.45) is -8.07. The number of aromatic nitrogens is 2. The lowest BCUT2D eigenvalue weighted by Crippen LogP contribution is -2.78. The first-order valence-corrected chi connectivity index (χ1v) is 8.47. The van der Waals surface area contributed by atoms with Crippen LogP contribution in [0.15, 0.2) is 25.3 Å². The van der Waals surface area contributed by atoms with Crippen LogP contribution in [0.25, 0.3) is 6.20 Å². The Morgan fingerprint density at radius 3 is 1.03 bits per heavy atom. The van der Waals surface area contributed by atoms with Crippen LogP contribution in [0.1, 0.15) is 0 Å². The Morgan fingerprint density at radius 2 is 0.763 bits per heavy atom. The van der Waals surface area contributed by atoms with E-state index < -0.39 is 64.2 Å². The van der Waals surface area contributed by atoms with E-state index in [1.807, 2.05) is 0 Å². The summed E-state index contributed by atoms with van der Waals surface area (Å²) in [6.45, 7) is 2.82. The number of alkyl halides is 21. The molecule has 1 aromatic heterocycles. The van der Waals surface area contributed by atoms with Gasteiger partial charge in [-0.2, -0.15) is 96.8 Å². The van der Waals surface area contributed by atoms with Crippen LogP contribution in [-0.4, -0.2) is 58.1 Å². The van der Waals surface area contributed by atoms with E-state index in [2.05, 4.69) is 6.58 Å². The molecule has 1 heterocycles. The maximum atomic E-state index is 13.9. The smallest absolute Gasteiger partial charge is 0.210 e. The summed E-state index contributed by atoms with van der Waals surface area (Å²) in [5.74, 6) is -70.4. The van der Waals surface area contributed by atoms with Crippen LogP contribution in [0.2, 0.25) is 0 Å². The van der Waals surface area contributed by atoms with Crippen molar-refractivity contribution in [2.24, 2.45) is 0 Å². The van der Waals surface area contributed by atoms with Gasteiger partial charge in [-0.3, -0.25) is 0 Å². The van der Waals surface area contributed by atoms with Crippen LogP contribution in [0.4, 0.5) is 92.2 Å². The molecule has 0 aliphatic rings. The van der Waals surface area contributed by atoms with Crippen molar-refractivity contribution in [3.05, 3.63) is 25.3 Å². The van der Waals surface area contributed by atoms with Crippen molar-refractivity contribution in [1.29, 1.82) is 0 Å². The molecule has 1 rings (SSSR count). The Hall–Kier alpha value is -2.52. The first-order valence-electron chi connectivity index (χ1n) is 8.47. The second kappa shape index (κ2) is 8.49. The molecule has 0 aliphatic heterocycles. The van der Waals surface area contributed by atoms with Crippen molar-refractivity contribution < 1.29 is 96.8 Å². The van der Waals surface area contributed by atoms with Gasteiger partial charge in [0, 0.05) is 0 Å². The molecule has 0 saturated heterocycles. The maximum Gasteiger partial charge on any atom is 0.469 e. The summed E-state index contributed by atoms with van der Waals surface area (Å²) >= 11 is 0. The summed E-state index contributed by atoms with van der Waals surface area (Å²) in [5, 5.41) is 0. The Bertz CT molecular complexity index is 1030. The van der Waals surface area contributed by atoms with Crippen molar-refractivity contribution in [1.82, 2.24) is 4.57 Å². The van der Waals surface area contributed by atoms with Gasteiger partial charge in [0.1, 0.15) is 12.4 Å². The molecule has 23 heteroatoms. The molecule has 222 valence electrons. The van der Waals surface area contributed by atoms with Crippen molar-refractivity contribution in [3.8, 4) is 0 Å². The molecule has 0 aliphatic carbocycles. The number of hydrogen-bond donors (Lipinski definition) is 0. The van der Waals surface area contributed by atoms with Gasteiger partial charge in [-0.05, 0) is 0 Å². The lowest BCUT2D eigenvalue weighted by atomic mass is 9.87. The van der Waals surface area contributed by atoms with E-state index in [1.165, 1.54) is 0 Å².